The molecular formula is C14H16F3N3O2S. The van der Waals surface area contributed by atoms with E-state index >= 15 is 0 Å². The summed E-state index contributed by atoms with van der Waals surface area (Å²) in [7, 11) is -3.36. The molecule has 2 rings (SSSR count). The lowest BCUT2D eigenvalue weighted by molar-refractivity contribution is -0.137. The Balaban J connectivity index is 2.26. The fourth-order valence-electron chi connectivity index (χ4n) is 2.67. The molecule has 0 aromatic heterocycles. The van der Waals surface area contributed by atoms with E-state index in [1.54, 1.807) is 11.0 Å². The van der Waals surface area contributed by atoms with Gasteiger partial charge in [0.05, 0.1) is 23.1 Å². The van der Waals surface area contributed by atoms with Gasteiger partial charge in [-0.25, -0.2) is 13.1 Å². The van der Waals surface area contributed by atoms with Gasteiger partial charge in [-0.1, -0.05) is 0 Å². The molecule has 126 valence electrons. The fourth-order valence-corrected chi connectivity index (χ4v) is 3.47. The number of rotatable bonds is 3. The van der Waals surface area contributed by atoms with E-state index < -0.39 is 21.8 Å². The Hall–Kier alpha value is -1.79. The van der Waals surface area contributed by atoms with Gasteiger partial charge >= 0.3 is 6.18 Å². The molecule has 1 heterocycles. The number of piperidine rings is 1. The molecular weight excluding hydrogens is 331 g/mol. The van der Waals surface area contributed by atoms with E-state index in [2.05, 4.69) is 4.72 Å². The van der Waals surface area contributed by atoms with Gasteiger partial charge in [-0.2, -0.15) is 18.4 Å². The van der Waals surface area contributed by atoms with E-state index in [0.717, 1.165) is 18.4 Å². The van der Waals surface area contributed by atoms with Gasteiger partial charge in [-0.15, -0.1) is 0 Å². The molecule has 9 heteroatoms. The largest absolute Gasteiger partial charge is 0.416 e. The number of hydrogen-bond acceptors (Lipinski definition) is 4. The molecule has 0 spiro atoms. The lowest BCUT2D eigenvalue weighted by atomic mass is 10.0. The summed E-state index contributed by atoms with van der Waals surface area (Å²) < 4.78 is 63.3. The zero-order chi connectivity index (χ0) is 17.3. The second kappa shape index (κ2) is 6.37. The van der Waals surface area contributed by atoms with Crippen LogP contribution in [0.2, 0.25) is 0 Å². The number of alkyl halides is 3. The molecule has 1 saturated heterocycles. The van der Waals surface area contributed by atoms with Crippen LogP contribution >= 0.6 is 0 Å². The topological polar surface area (TPSA) is 73.2 Å². The Labute approximate surface area is 132 Å². The van der Waals surface area contributed by atoms with Crippen LogP contribution in [0.25, 0.3) is 0 Å². The number of nitrogens with zero attached hydrogens (tertiary/aromatic N) is 2. The van der Waals surface area contributed by atoms with Crippen LogP contribution in [0.5, 0.6) is 0 Å². The third-order valence-electron chi connectivity index (χ3n) is 3.59. The van der Waals surface area contributed by atoms with Crippen LogP contribution in [0.4, 0.5) is 18.9 Å². The first kappa shape index (κ1) is 17.6. The standard InChI is InChI=1S/C14H16F3N3O2S/c1-23(21,22)19-12-3-2-6-20(9-12)13-5-4-11(14(15,16)17)7-10(13)8-18/h4-5,7,12,19H,2-3,6,9H2,1H3/t12-/m1/s1. The van der Waals surface area contributed by atoms with Crippen molar-refractivity contribution in [1.82, 2.24) is 4.72 Å². The Bertz CT molecular complexity index is 726. The van der Waals surface area contributed by atoms with Gasteiger partial charge in [-0.3, -0.25) is 0 Å². The lowest BCUT2D eigenvalue weighted by Gasteiger charge is -2.35. The average Bonchev–Trinajstić information content (AvgIpc) is 2.44. The van der Waals surface area contributed by atoms with Gasteiger partial charge in [0.15, 0.2) is 0 Å². The molecule has 0 saturated carbocycles. The minimum Gasteiger partial charge on any atom is -0.369 e. The first-order chi connectivity index (χ1) is 10.6. The van der Waals surface area contributed by atoms with Gasteiger partial charge in [0.25, 0.3) is 0 Å². The molecule has 1 aromatic rings. The number of nitrogens with one attached hydrogen (secondary N) is 1. The number of nitriles is 1. The van der Waals surface area contributed by atoms with Crippen molar-refractivity contribution in [2.24, 2.45) is 0 Å². The first-order valence-electron chi connectivity index (χ1n) is 6.94. The highest BCUT2D eigenvalue weighted by atomic mass is 32.2. The predicted octanol–water partition coefficient (Wildman–Crippen LogP) is 2.10. The van der Waals surface area contributed by atoms with E-state index in [4.69, 9.17) is 5.26 Å². The molecule has 1 fully saturated rings. The maximum atomic E-state index is 12.7. The SMILES string of the molecule is CS(=O)(=O)N[C@@H]1CCCN(c2ccc(C(F)(F)F)cc2C#N)C1. The molecule has 23 heavy (non-hydrogen) atoms. The summed E-state index contributed by atoms with van der Waals surface area (Å²) >= 11 is 0. The quantitative estimate of drug-likeness (QED) is 0.909. The van der Waals surface area contributed by atoms with Crippen molar-refractivity contribution in [3.63, 3.8) is 0 Å². The summed E-state index contributed by atoms with van der Waals surface area (Å²) in [4.78, 5) is 1.74. The molecule has 0 aliphatic carbocycles. The fraction of sp³-hybridized carbons (Fsp3) is 0.500. The summed E-state index contributed by atoms with van der Waals surface area (Å²) in [5.74, 6) is 0. The van der Waals surface area contributed by atoms with Gasteiger partial charge in [0.2, 0.25) is 10.0 Å². The van der Waals surface area contributed by atoms with Crippen molar-refractivity contribution in [3.8, 4) is 6.07 Å². The zero-order valence-corrected chi connectivity index (χ0v) is 13.2. The second-order valence-electron chi connectivity index (χ2n) is 5.52. The maximum Gasteiger partial charge on any atom is 0.416 e. The molecule has 1 atom stereocenters. The van der Waals surface area contributed by atoms with Crippen LogP contribution in [0.1, 0.15) is 24.0 Å². The highest BCUT2D eigenvalue weighted by molar-refractivity contribution is 7.88. The van der Waals surface area contributed by atoms with Gasteiger partial charge in [0, 0.05) is 19.1 Å². The molecule has 1 aliphatic rings. The third-order valence-corrected chi connectivity index (χ3v) is 4.35. The summed E-state index contributed by atoms with van der Waals surface area (Å²) in [5, 5.41) is 9.14. The van der Waals surface area contributed by atoms with E-state index in [-0.39, 0.29) is 11.6 Å². The van der Waals surface area contributed by atoms with Crippen LogP contribution in [-0.2, 0) is 16.2 Å². The van der Waals surface area contributed by atoms with Crippen molar-refractivity contribution in [2.75, 3.05) is 24.2 Å². The van der Waals surface area contributed by atoms with Crippen molar-refractivity contribution in [1.29, 1.82) is 5.26 Å². The Morgan fingerprint density at radius 1 is 1.39 bits per heavy atom. The van der Waals surface area contributed by atoms with E-state index in [1.807, 2.05) is 0 Å². The second-order valence-corrected chi connectivity index (χ2v) is 7.30. The number of hydrogen-bond donors (Lipinski definition) is 1. The zero-order valence-electron chi connectivity index (χ0n) is 12.4. The molecule has 1 aliphatic heterocycles. The molecule has 1 N–H and O–H groups in total. The molecule has 0 bridgehead atoms. The minimum absolute atomic E-state index is 0.0696. The maximum absolute atomic E-state index is 12.7. The van der Waals surface area contributed by atoms with Crippen molar-refractivity contribution in [3.05, 3.63) is 29.3 Å². The summed E-state index contributed by atoms with van der Waals surface area (Å²) in [5.41, 5.74) is -0.555. The number of benzene rings is 1. The average molecular weight is 347 g/mol. The Morgan fingerprint density at radius 2 is 2.09 bits per heavy atom. The molecule has 0 unspecified atom stereocenters. The van der Waals surface area contributed by atoms with Crippen LogP contribution in [0.15, 0.2) is 18.2 Å². The first-order valence-corrected chi connectivity index (χ1v) is 8.83. The summed E-state index contributed by atoms with van der Waals surface area (Å²) in [6, 6.07) is 4.49. The number of halogens is 3. The number of anilines is 1. The van der Waals surface area contributed by atoms with Crippen LogP contribution in [-0.4, -0.2) is 33.8 Å². The molecule has 1 aromatic carbocycles. The Morgan fingerprint density at radius 3 is 2.65 bits per heavy atom. The van der Waals surface area contributed by atoms with E-state index in [9.17, 15) is 21.6 Å². The monoisotopic (exact) mass is 347 g/mol. The van der Waals surface area contributed by atoms with Crippen molar-refractivity contribution < 1.29 is 21.6 Å². The molecule has 5 nitrogen and oxygen atoms in total. The highest BCUT2D eigenvalue weighted by Gasteiger charge is 2.32. The smallest absolute Gasteiger partial charge is 0.369 e. The predicted molar refractivity (Wildman–Crippen MR) is 79.4 cm³/mol. The minimum atomic E-state index is -4.51. The molecule has 0 amide bonds. The normalized spacial score (nSPS) is 19.4. The Kier molecular flexibility index (Phi) is 4.87. The van der Waals surface area contributed by atoms with Gasteiger partial charge in [0.1, 0.15) is 6.07 Å². The third kappa shape index (κ3) is 4.59. The number of sulfonamides is 1. The van der Waals surface area contributed by atoms with E-state index in [1.165, 1.54) is 6.07 Å². The lowest BCUT2D eigenvalue weighted by Crippen LogP contribution is -2.47. The van der Waals surface area contributed by atoms with Crippen molar-refractivity contribution >= 4 is 15.7 Å². The van der Waals surface area contributed by atoms with Crippen LogP contribution in [0, 0.1) is 11.3 Å². The summed E-state index contributed by atoms with van der Waals surface area (Å²) in [6.07, 6.45) is -2.12. The van der Waals surface area contributed by atoms with Crippen LogP contribution in [0.3, 0.4) is 0 Å². The highest BCUT2D eigenvalue weighted by Crippen LogP contribution is 2.33. The summed E-state index contributed by atoms with van der Waals surface area (Å²) in [6.45, 7) is 0.870. The van der Waals surface area contributed by atoms with Crippen molar-refractivity contribution in [2.45, 2.75) is 25.1 Å². The van der Waals surface area contributed by atoms with Crippen LogP contribution < -0.4 is 9.62 Å². The van der Waals surface area contributed by atoms with Gasteiger partial charge < -0.3 is 4.90 Å². The van der Waals surface area contributed by atoms with Gasteiger partial charge in [-0.05, 0) is 31.0 Å². The van der Waals surface area contributed by atoms with E-state index in [0.29, 0.717) is 31.6 Å². The molecule has 0 radical (unpaired) electrons.